The van der Waals surface area contributed by atoms with Crippen molar-refractivity contribution in [2.24, 2.45) is 17.8 Å². The molecule has 0 unspecified atom stereocenters. The maximum Gasteiger partial charge on any atom is 0.253 e. The quantitative estimate of drug-likeness (QED) is 0.821. The first kappa shape index (κ1) is 20.2. The molecule has 0 aromatic heterocycles. The molecule has 3 atom stereocenters. The molecule has 1 aliphatic carbocycles. The van der Waals surface area contributed by atoms with Crippen molar-refractivity contribution >= 4 is 29.3 Å². The Morgan fingerprint density at radius 1 is 1.10 bits per heavy atom. The van der Waals surface area contributed by atoms with Crippen molar-refractivity contribution in [3.8, 4) is 0 Å². The molecule has 2 aliphatic heterocycles. The van der Waals surface area contributed by atoms with Crippen LogP contribution in [0.25, 0.3) is 0 Å². The lowest BCUT2D eigenvalue weighted by Gasteiger charge is -2.35. The van der Waals surface area contributed by atoms with Gasteiger partial charge in [-0.05, 0) is 61.8 Å². The largest absolute Gasteiger partial charge is 0.356 e. The first-order valence-electron chi connectivity index (χ1n) is 10.5. The van der Waals surface area contributed by atoms with Crippen molar-refractivity contribution in [1.82, 2.24) is 15.1 Å². The fraction of sp³-hybridized carbons (Fsp3) is 0.591. The van der Waals surface area contributed by atoms with E-state index in [4.69, 9.17) is 11.6 Å². The highest BCUT2D eigenvalue weighted by Gasteiger charge is 2.41. The van der Waals surface area contributed by atoms with Crippen molar-refractivity contribution in [3.05, 3.63) is 34.9 Å². The molecule has 3 aliphatic rings. The predicted molar refractivity (Wildman–Crippen MR) is 110 cm³/mol. The van der Waals surface area contributed by atoms with Crippen LogP contribution in [0, 0.1) is 17.8 Å². The highest BCUT2D eigenvalue weighted by atomic mass is 35.5. The number of nitrogens with one attached hydrogen (secondary N) is 1. The van der Waals surface area contributed by atoms with E-state index in [9.17, 15) is 14.4 Å². The minimum atomic E-state index is -0.0309. The van der Waals surface area contributed by atoms with Gasteiger partial charge in [0, 0.05) is 55.6 Å². The van der Waals surface area contributed by atoms with Crippen molar-refractivity contribution in [2.45, 2.75) is 38.1 Å². The average molecular weight is 418 g/mol. The number of piperidine rings is 2. The third kappa shape index (κ3) is 4.27. The second-order valence-electron chi connectivity index (χ2n) is 8.68. The fourth-order valence-electron chi connectivity index (χ4n) is 5.12. The maximum atomic E-state index is 13.1. The van der Waals surface area contributed by atoms with Crippen LogP contribution in [0.3, 0.4) is 0 Å². The zero-order valence-electron chi connectivity index (χ0n) is 16.8. The van der Waals surface area contributed by atoms with E-state index in [1.54, 1.807) is 24.3 Å². The summed E-state index contributed by atoms with van der Waals surface area (Å²) >= 11 is 5.90. The Kier molecular flexibility index (Phi) is 5.81. The zero-order valence-corrected chi connectivity index (χ0v) is 17.5. The van der Waals surface area contributed by atoms with E-state index in [2.05, 4.69) is 5.32 Å². The van der Waals surface area contributed by atoms with Gasteiger partial charge in [-0.15, -0.1) is 0 Å². The number of hydrogen-bond donors (Lipinski definition) is 1. The molecule has 3 amide bonds. The van der Waals surface area contributed by atoms with Crippen LogP contribution in [0.4, 0.5) is 0 Å². The van der Waals surface area contributed by atoms with E-state index in [0.29, 0.717) is 54.8 Å². The number of halogens is 1. The second-order valence-corrected chi connectivity index (χ2v) is 9.11. The van der Waals surface area contributed by atoms with Crippen LogP contribution in [0.15, 0.2) is 24.3 Å². The first-order valence-corrected chi connectivity index (χ1v) is 10.9. The number of nitrogens with zero attached hydrogens (tertiary/aromatic N) is 2. The Labute approximate surface area is 176 Å². The third-order valence-corrected chi connectivity index (χ3v) is 7.20. The normalized spacial score (nSPS) is 27.3. The van der Waals surface area contributed by atoms with Gasteiger partial charge < -0.3 is 15.1 Å². The molecule has 7 heteroatoms. The molecule has 2 heterocycles. The minimum Gasteiger partial charge on any atom is -0.356 e. The standard InChI is InChI=1S/C22H28ClN3O3/c1-25(19-10-16-12-20(27)24-13-17(16)11-19)21(28)15-6-8-26(9-7-15)22(29)14-2-4-18(23)5-3-14/h2-5,15-17,19H,6-13H2,1H3,(H,24,27)/t16-,17+,19-/m1/s1. The highest BCUT2D eigenvalue weighted by molar-refractivity contribution is 6.30. The van der Waals surface area contributed by atoms with Crippen molar-refractivity contribution in [3.63, 3.8) is 0 Å². The van der Waals surface area contributed by atoms with Gasteiger partial charge in [-0.2, -0.15) is 0 Å². The number of fused-ring (bicyclic) bond motifs is 1. The van der Waals surface area contributed by atoms with Gasteiger partial charge in [0.15, 0.2) is 0 Å². The van der Waals surface area contributed by atoms with Crippen LogP contribution in [-0.4, -0.2) is 60.2 Å². The van der Waals surface area contributed by atoms with E-state index in [1.807, 2.05) is 16.8 Å². The van der Waals surface area contributed by atoms with Crippen LogP contribution in [0.1, 0.15) is 42.5 Å². The number of amides is 3. The predicted octanol–water partition coefficient (Wildman–Crippen LogP) is 2.57. The molecule has 1 N–H and O–H groups in total. The molecule has 0 spiro atoms. The van der Waals surface area contributed by atoms with Gasteiger partial charge in [-0.3, -0.25) is 14.4 Å². The Balaban J connectivity index is 1.30. The van der Waals surface area contributed by atoms with E-state index in [0.717, 1.165) is 19.4 Å². The molecule has 1 aromatic rings. The molecular weight excluding hydrogens is 390 g/mol. The third-order valence-electron chi connectivity index (χ3n) is 6.94. The minimum absolute atomic E-state index is 0.00189. The SMILES string of the molecule is CN(C(=O)C1CCN(C(=O)c2ccc(Cl)cc2)CC1)[C@H]1C[C@H]2CNC(=O)C[C@H]2C1. The lowest BCUT2D eigenvalue weighted by molar-refractivity contribution is -0.137. The molecule has 1 saturated carbocycles. The number of carbonyl (C=O) groups excluding carboxylic acids is 3. The van der Waals surface area contributed by atoms with Gasteiger partial charge in [-0.25, -0.2) is 0 Å². The Morgan fingerprint density at radius 2 is 1.76 bits per heavy atom. The summed E-state index contributed by atoms with van der Waals surface area (Å²) in [6, 6.07) is 7.16. The summed E-state index contributed by atoms with van der Waals surface area (Å²) in [6.07, 6.45) is 3.88. The lowest BCUT2D eigenvalue weighted by atomic mass is 9.89. The van der Waals surface area contributed by atoms with Crippen molar-refractivity contribution in [2.75, 3.05) is 26.7 Å². The molecular formula is C22H28ClN3O3. The molecule has 156 valence electrons. The summed E-state index contributed by atoms with van der Waals surface area (Å²) in [4.78, 5) is 41.1. The number of carbonyl (C=O) groups is 3. The Morgan fingerprint density at radius 3 is 2.45 bits per heavy atom. The number of hydrogen-bond acceptors (Lipinski definition) is 3. The summed E-state index contributed by atoms with van der Waals surface area (Å²) < 4.78 is 0. The van der Waals surface area contributed by atoms with Gasteiger partial charge in [0.1, 0.15) is 0 Å². The summed E-state index contributed by atoms with van der Waals surface area (Å²) in [7, 11) is 1.91. The molecule has 1 aromatic carbocycles. The van der Waals surface area contributed by atoms with Gasteiger partial charge in [-0.1, -0.05) is 11.6 Å². The first-order chi connectivity index (χ1) is 13.9. The Bertz CT molecular complexity index is 789. The van der Waals surface area contributed by atoms with Crippen molar-refractivity contribution in [1.29, 1.82) is 0 Å². The van der Waals surface area contributed by atoms with Crippen LogP contribution in [0.2, 0.25) is 5.02 Å². The average Bonchev–Trinajstić information content (AvgIpc) is 3.16. The van der Waals surface area contributed by atoms with E-state index in [-0.39, 0.29) is 29.7 Å². The summed E-state index contributed by atoms with van der Waals surface area (Å²) in [5, 5.41) is 3.56. The van der Waals surface area contributed by atoms with Gasteiger partial charge >= 0.3 is 0 Å². The zero-order chi connectivity index (χ0) is 20.5. The molecule has 3 fully saturated rings. The summed E-state index contributed by atoms with van der Waals surface area (Å²) in [5.74, 6) is 1.19. The monoisotopic (exact) mass is 417 g/mol. The number of rotatable bonds is 3. The van der Waals surface area contributed by atoms with Crippen LogP contribution >= 0.6 is 11.6 Å². The molecule has 6 nitrogen and oxygen atoms in total. The van der Waals surface area contributed by atoms with E-state index >= 15 is 0 Å². The smallest absolute Gasteiger partial charge is 0.253 e. The van der Waals surface area contributed by atoms with Crippen LogP contribution in [0.5, 0.6) is 0 Å². The topological polar surface area (TPSA) is 69.7 Å². The van der Waals surface area contributed by atoms with E-state index < -0.39 is 0 Å². The molecule has 2 saturated heterocycles. The van der Waals surface area contributed by atoms with Gasteiger partial charge in [0.05, 0.1) is 0 Å². The van der Waals surface area contributed by atoms with E-state index in [1.165, 1.54) is 0 Å². The fourth-order valence-corrected chi connectivity index (χ4v) is 5.25. The van der Waals surface area contributed by atoms with Gasteiger partial charge in [0.25, 0.3) is 5.91 Å². The summed E-state index contributed by atoms with van der Waals surface area (Å²) in [5.41, 5.74) is 0.632. The summed E-state index contributed by atoms with van der Waals surface area (Å²) in [6.45, 7) is 1.94. The molecule has 0 radical (unpaired) electrons. The van der Waals surface area contributed by atoms with Crippen LogP contribution < -0.4 is 5.32 Å². The second kappa shape index (κ2) is 8.34. The number of likely N-dealkylation sites (tertiary alicyclic amines) is 1. The number of benzene rings is 1. The molecule has 29 heavy (non-hydrogen) atoms. The van der Waals surface area contributed by atoms with Gasteiger partial charge in [0.2, 0.25) is 11.8 Å². The highest BCUT2D eigenvalue weighted by Crippen LogP contribution is 2.38. The van der Waals surface area contributed by atoms with Crippen LogP contribution in [-0.2, 0) is 9.59 Å². The lowest BCUT2D eigenvalue weighted by Crippen LogP contribution is -2.45. The molecule has 4 rings (SSSR count). The Hall–Kier alpha value is -2.08. The maximum absolute atomic E-state index is 13.1. The molecule has 0 bridgehead atoms. The van der Waals surface area contributed by atoms with Crippen molar-refractivity contribution < 1.29 is 14.4 Å².